The summed E-state index contributed by atoms with van der Waals surface area (Å²) in [6.07, 6.45) is 0. The maximum Gasteiger partial charge on any atom is 0.335 e. The number of ether oxygens (including phenoxy) is 1. The minimum atomic E-state index is -1.24. The highest BCUT2D eigenvalue weighted by Crippen LogP contribution is 2.38. The molecule has 8 heteroatoms. The fourth-order valence-electron chi connectivity index (χ4n) is 2.77. The summed E-state index contributed by atoms with van der Waals surface area (Å²) >= 11 is 5.91. The van der Waals surface area contributed by atoms with Crippen LogP contribution < -0.4 is 15.0 Å². The van der Waals surface area contributed by atoms with Crippen molar-refractivity contribution in [2.24, 2.45) is 0 Å². The summed E-state index contributed by atoms with van der Waals surface area (Å²) < 4.78 is 5.66. The van der Waals surface area contributed by atoms with Gasteiger partial charge in [-0.2, -0.15) is 0 Å². The zero-order chi connectivity index (χ0) is 19.8. The Morgan fingerprint density at radius 3 is 2.63 bits per heavy atom. The monoisotopic (exact) mass is 388 g/mol. The van der Waals surface area contributed by atoms with Gasteiger partial charge in [-0.3, -0.25) is 14.5 Å². The number of hydrogen-bond donors (Lipinski definition) is 2. The van der Waals surface area contributed by atoms with E-state index in [-0.39, 0.29) is 17.9 Å². The van der Waals surface area contributed by atoms with Gasteiger partial charge in [-0.1, -0.05) is 17.7 Å². The van der Waals surface area contributed by atoms with E-state index in [1.807, 2.05) is 0 Å². The molecule has 0 fully saturated rings. The Balaban J connectivity index is 1.88. The number of carbonyl (C=O) groups excluding carboxylic acids is 2. The van der Waals surface area contributed by atoms with E-state index in [4.69, 9.17) is 21.4 Å². The molecule has 0 atom stereocenters. The number of carboxylic acids is 1. The van der Waals surface area contributed by atoms with Crippen molar-refractivity contribution in [3.8, 4) is 5.75 Å². The molecule has 1 heterocycles. The van der Waals surface area contributed by atoms with Crippen LogP contribution in [-0.4, -0.2) is 35.0 Å². The summed E-state index contributed by atoms with van der Waals surface area (Å²) in [4.78, 5) is 37.7. The lowest BCUT2D eigenvalue weighted by atomic mass is 10.0. The van der Waals surface area contributed by atoms with Crippen LogP contribution in [0.25, 0.3) is 0 Å². The van der Waals surface area contributed by atoms with Gasteiger partial charge in [0.1, 0.15) is 12.3 Å². The van der Waals surface area contributed by atoms with Gasteiger partial charge in [0.05, 0.1) is 11.3 Å². The normalized spacial score (nSPS) is 14.9. The molecule has 0 aromatic heterocycles. The van der Waals surface area contributed by atoms with Crippen LogP contribution in [0.15, 0.2) is 42.5 Å². The van der Waals surface area contributed by atoms with Crippen molar-refractivity contribution in [1.29, 1.82) is 0 Å². The molecule has 2 aromatic carbocycles. The molecule has 3 rings (SSSR count). The molecule has 2 N–H and O–H groups in total. The lowest BCUT2D eigenvalue weighted by Gasteiger charge is -2.38. The van der Waals surface area contributed by atoms with E-state index in [9.17, 15) is 14.4 Å². The molecular weight excluding hydrogens is 372 g/mol. The number of anilines is 2. The predicted octanol–water partition coefficient (Wildman–Crippen LogP) is 3.18. The first-order valence-electron chi connectivity index (χ1n) is 8.11. The molecule has 140 valence electrons. The highest BCUT2D eigenvalue weighted by molar-refractivity contribution is 6.30. The average molecular weight is 389 g/mol. The summed E-state index contributed by atoms with van der Waals surface area (Å²) in [7, 11) is 0. The molecule has 27 heavy (non-hydrogen) atoms. The first-order chi connectivity index (χ1) is 12.7. The quantitative estimate of drug-likeness (QED) is 0.838. The Hall–Kier alpha value is -3.06. The van der Waals surface area contributed by atoms with Crippen molar-refractivity contribution in [2.75, 3.05) is 16.8 Å². The summed E-state index contributed by atoms with van der Waals surface area (Å²) in [5.74, 6) is -1.70. The summed E-state index contributed by atoms with van der Waals surface area (Å²) in [5.41, 5.74) is -0.359. The number of nitrogens with zero attached hydrogens (tertiary/aromatic N) is 1. The first-order valence-corrected chi connectivity index (χ1v) is 8.49. The van der Waals surface area contributed by atoms with Gasteiger partial charge in [0, 0.05) is 10.7 Å². The van der Waals surface area contributed by atoms with Crippen LogP contribution in [0.3, 0.4) is 0 Å². The number of carboxylic acid groups (broad SMARTS) is 1. The van der Waals surface area contributed by atoms with Gasteiger partial charge >= 0.3 is 5.97 Å². The highest BCUT2D eigenvalue weighted by atomic mass is 35.5. The first kappa shape index (κ1) is 18.7. The molecule has 0 saturated heterocycles. The van der Waals surface area contributed by atoms with E-state index in [1.165, 1.54) is 23.1 Å². The van der Waals surface area contributed by atoms with Crippen LogP contribution in [0.2, 0.25) is 5.02 Å². The fraction of sp³-hybridized carbons (Fsp3) is 0.211. The molecule has 2 amide bonds. The molecule has 0 radical (unpaired) electrons. The van der Waals surface area contributed by atoms with Crippen molar-refractivity contribution >= 4 is 40.8 Å². The third-order valence-corrected chi connectivity index (χ3v) is 4.27. The number of amides is 2. The fourth-order valence-corrected chi connectivity index (χ4v) is 2.96. The Kier molecular flexibility index (Phi) is 4.80. The molecule has 0 bridgehead atoms. The second kappa shape index (κ2) is 6.92. The van der Waals surface area contributed by atoms with Crippen LogP contribution in [-0.2, 0) is 9.59 Å². The van der Waals surface area contributed by atoms with Crippen LogP contribution >= 0.6 is 11.6 Å². The second-order valence-corrected chi connectivity index (χ2v) is 6.99. The van der Waals surface area contributed by atoms with Crippen molar-refractivity contribution in [3.05, 3.63) is 53.1 Å². The van der Waals surface area contributed by atoms with Crippen molar-refractivity contribution in [3.63, 3.8) is 0 Å². The number of benzene rings is 2. The van der Waals surface area contributed by atoms with E-state index in [0.29, 0.717) is 16.4 Å². The maximum atomic E-state index is 12.8. The molecule has 7 nitrogen and oxygen atoms in total. The predicted molar refractivity (Wildman–Crippen MR) is 101 cm³/mol. The van der Waals surface area contributed by atoms with Gasteiger partial charge < -0.3 is 15.2 Å². The zero-order valence-electron chi connectivity index (χ0n) is 14.7. The number of halogens is 1. The second-order valence-electron chi connectivity index (χ2n) is 6.55. The molecule has 2 aromatic rings. The highest BCUT2D eigenvalue weighted by Gasteiger charge is 2.41. The standard InChI is InChI=1S/C19H17ClN2O5/c1-19(2)18(26)22(10-16(23)21-13-5-3-4-12(20)9-13)14-7-6-11(17(24)25)8-15(14)27-19/h3-9H,10H2,1-2H3,(H,21,23)(H,24,25). The lowest BCUT2D eigenvalue weighted by Crippen LogP contribution is -2.54. The molecule has 1 aliphatic rings. The summed E-state index contributed by atoms with van der Waals surface area (Å²) in [6, 6.07) is 10.8. The van der Waals surface area contributed by atoms with E-state index in [2.05, 4.69) is 5.32 Å². The molecule has 0 saturated carbocycles. The Morgan fingerprint density at radius 2 is 1.96 bits per heavy atom. The number of rotatable bonds is 4. The van der Waals surface area contributed by atoms with E-state index in [0.717, 1.165) is 0 Å². The number of hydrogen-bond acceptors (Lipinski definition) is 4. The van der Waals surface area contributed by atoms with Gasteiger partial charge in [0.2, 0.25) is 5.91 Å². The Bertz CT molecular complexity index is 941. The van der Waals surface area contributed by atoms with Crippen LogP contribution in [0, 0.1) is 0 Å². The number of aromatic carboxylic acids is 1. The number of fused-ring (bicyclic) bond motifs is 1. The van der Waals surface area contributed by atoms with Crippen molar-refractivity contribution in [1.82, 2.24) is 0 Å². The molecule has 0 spiro atoms. The van der Waals surface area contributed by atoms with Crippen LogP contribution in [0.1, 0.15) is 24.2 Å². The Morgan fingerprint density at radius 1 is 1.22 bits per heavy atom. The van der Waals surface area contributed by atoms with Crippen LogP contribution in [0.4, 0.5) is 11.4 Å². The lowest BCUT2D eigenvalue weighted by molar-refractivity contribution is -0.133. The Labute approximate surface area is 160 Å². The average Bonchev–Trinajstić information content (AvgIpc) is 2.58. The summed E-state index contributed by atoms with van der Waals surface area (Å²) in [6.45, 7) is 2.87. The SMILES string of the molecule is CC1(C)Oc2cc(C(=O)O)ccc2N(CC(=O)Nc2cccc(Cl)c2)C1=O. The topological polar surface area (TPSA) is 95.9 Å². The molecular formula is C19H17ClN2O5. The minimum Gasteiger partial charge on any atom is -0.478 e. The van der Waals surface area contributed by atoms with E-state index >= 15 is 0 Å². The van der Waals surface area contributed by atoms with Crippen LogP contribution in [0.5, 0.6) is 5.75 Å². The van der Waals surface area contributed by atoms with E-state index < -0.39 is 23.4 Å². The molecule has 1 aliphatic heterocycles. The zero-order valence-corrected chi connectivity index (χ0v) is 15.4. The van der Waals surface area contributed by atoms with Gasteiger partial charge in [0.25, 0.3) is 5.91 Å². The largest absolute Gasteiger partial charge is 0.478 e. The van der Waals surface area contributed by atoms with Gasteiger partial charge in [0.15, 0.2) is 5.60 Å². The summed E-state index contributed by atoms with van der Waals surface area (Å²) in [5, 5.41) is 12.3. The van der Waals surface area contributed by atoms with Gasteiger partial charge in [-0.15, -0.1) is 0 Å². The smallest absolute Gasteiger partial charge is 0.335 e. The van der Waals surface area contributed by atoms with Gasteiger partial charge in [-0.25, -0.2) is 4.79 Å². The third-order valence-electron chi connectivity index (χ3n) is 4.03. The maximum absolute atomic E-state index is 12.8. The van der Waals surface area contributed by atoms with E-state index in [1.54, 1.807) is 38.1 Å². The molecule has 0 aliphatic carbocycles. The molecule has 0 unspecified atom stereocenters. The van der Waals surface area contributed by atoms with Crippen molar-refractivity contribution < 1.29 is 24.2 Å². The van der Waals surface area contributed by atoms with Gasteiger partial charge in [-0.05, 0) is 50.2 Å². The number of nitrogens with one attached hydrogen (secondary N) is 1. The van der Waals surface area contributed by atoms with Crippen molar-refractivity contribution in [2.45, 2.75) is 19.4 Å². The minimum absolute atomic E-state index is 0.0298. The third kappa shape index (κ3) is 3.88. The number of carbonyl (C=O) groups is 3.